The first-order valence-corrected chi connectivity index (χ1v) is 8.64. The van der Waals surface area contributed by atoms with Gasteiger partial charge in [0.2, 0.25) is 15.4 Å². The molecule has 1 aromatic rings. The standard InChI is InChI=1S/C10H15ClN4O3S2/c1-5(16)12-8-13-14-9(19-8)20(17,18)15-7-4-6(11)10(7,2)3/h6-7,15H,4H2,1-3H3,(H,12,13,16). The van der Waals surface area contributed by atoms with E-state index >= 15 is 0 Å². The summed E-state index contributed by atoms with van der Waals surface area (Å²) in [7, 11) is -3.74. The Morgan fingerprint density at radius 2 is 2.10 bits per heavy atom. The summed E-state index contributed by atoms with van der Waals surface area (Å²) in [6.07, 6.45) is 0.575. The van der Waals surface area contributed by atoms with Crippen molar-refractivity contribution in [2.75, 3.05) is 5.32 Å². The van der Waals surface area contributed by atoms with Crippen molar-refractivity contribution in [2.45, 2.75) is 43.0 Å². The molecule has 112 valence electrons. The van der Waals surface area contributed by atoms with E-state index < -0.39 is 10.0 Å². The van der Waals surface area contributed by atoms with Crippen molar-refractivity contribution in [3.63, 3.8) is 0 Å². The summed E-state index contributed by atoms with van der Waals surface area (Å²) >= 11 is 6.87. The molecule has 1 heterocycles. The van der Waals surface area contributed by atoms with Gasteiger partial charge in [-0.3, -0.25) is 4.79 Å². The van der Waals surface area contributed by atoms with Crippen molar-refractivity contribution in [2.24, 2.45) is 5.41 Å². The van der Waals surface area contributed by atoms with Crippen molar-refractivity contribution in [3.8, 4) is 0 Å². The fourth-order valence-electron chi connectivity index (χ4n) is 1.83. The lowest BCUT2D eigenvalue weighted by atomic mass is 9.67. The first kappa shape index (κ1) is 15.6. The van der Waals surface area contributed by atoms with Gasteiger partial charge in [0.05, 0.1) is 0 Å². The van der Waals surface area contributed by atoms with Gasteiger partial charge in [-0.2, -0.15) is 0 Å². The number of hydrogen-bond donors (Lipinski definition) is 2. The Morgan fingerprint density at radius 1 is 1.45 bits per heavy atom. The van der Waals surface area contributed by atoms with Crippen LogP contribution in [0.15, 0.2) is 4.34 Å². The third kappa shape index (κ3) is 2.95. The van der Waals surface area contributed by atoms with Gasteiger partial charge in [-0.25, -0.2) is 13.1 Å². The molecule has 7 nitrogen and oxygen atoms in total. The predicted octanol–water partition coefficient (Wildman–Crippen LogP) is 1.18. The van der Waals surface area contributed by atoms with Gasteiger partial charge in [-0.15, -0.1) is 21.8 Å². The highest BCUT2D eigenvalue weighted by Crippen LogP contribution is 2.44. The minimum Gasteiger partial charge on any atom is -0.301 e. The van der Waals surface area contributed by atoms with E-state index in [2.05, 4.69) is 20.2 Å². The molecule has 2 unspecified atom stereocenters. The largest absolute Gasteiger partial charge is 0.301 e. The fourth-order valence-corrected chi connectivity index (χ4v) is 4.53. The van der Waals surface area contributed by atoms with Crippen LogP contribution in [-0.2, 0) is 14.8 Å². The summed E-state index contributed by atoms with van der Waals surface area (Å²) in [5.41, 5.74) is -0.306. The minimum atomic E-state index is -3.74. The fraction of sp³-hybridized carbons (Fsp3) is 0.700. The Morgan fingerprint density at radius 3 is 2.60 bits per heavy atom. The van der Waals surface area contributed by atoms with E-state index in [1.807, 2.05) is 13.8 Å². The monoisotopic (exact) mass is 338 g/mol. The number of alkyl halides is 1. The Labute approximate surface area is 126 Å². The number of halogens is 1. The van der Waals surface area contributed by atoms with Gasteiger partial charge in [0.1, 0.15) is 0 Å². The molecule has 10 heteroatoms. The van der Waals surface area contributed by atoms with Gasteiger partial charge >= 0.3 is 0 Å². The van der Waals surface area contributed by atoms with Crippen LogP contribution in [0.25, 0.3) is 0 Å². The Balaban J connectivity index is 2.11. The van der Waals surface area contributed by atoms with Crippen molar-refractivity contribution in [1.29, 1.82) is 0 Å². The van der Waals surface area contributed by atoms with Gasteiger partial charge in [-0.1, -0.05) is 25.2 Å². The lowest BCUT2D eigenvalue weighted by Gasteiger charge is -2.48. The molecule has 1 amide bonds. The van der Waals surface area contributed by atoms with E-state index in [1.54, 1.807) is 0 Å². The Hall–Kier alpha value is -0.770. The molecular weight excluding hydrogens is 324 g/mol. The molecule has 1 aliphatic rings. The summed E-state index contributed by atoms with van der Waals surface area (Å²) in [5.74, 6) is -0.330. The van der Waals surface area contributed by atoms with E-state index in [9.17, 15) is 13.2 Å². The van der Waals surface area contributed by atoms with E-state index in [0.29, 0.717) is 6.42 Å². The summed E-state index contributed by atoms with van der Waals surface area (Å²) in [4.78, 5) is 10.9. The molecule has 0 aliphatic heterocycles. The molecule has 1 fully saturated rings. The predicted molar refractivity (Wildman–Crippen MR) is 76.4 cm³/mol. The number of sulfonamides is 1. The van der Waals surface area contributed by atoms with E-state index in [1.165, 1.54) is 6.92 Å². The van der Waals surface area contributed by atoms with Crippen LogP contribution in [0.2, 0.25) is 0 Å². The smallest absolute Gasteiger partial charge is 0.270 e. The van der Waals surface area contributed by atoms with Gasteiger partial charge in [0.15, 0.2) is 0 Å². The van der Waals surface area contributed by atoms with Crippen LogP contribution in [-0.4, -0.2) is 35.9 Å². The number of anilines is 1. The average molecular weight is 339 g/mol. The SMILES string of the molecule is CC(=O)Nc1nnc(S(=O)(=O)NC2CC(Cl)C2(C)C)s1. The van der Waals surface area contributed by atoms with Crippen LogP contribution in [0, 0.1) is 5.41 Å². The van der Waals surface area contributed by atoms with Crippen LogP contribution < -0.4 is 10.0 Å². The zero-order chi connectivity index (χ0) is 15.1. The average Bonchev–Trinajstić information content (AvgIpc) is 2.77. The first-order chi connectivity index (χ1) is 9.13. The number of nitrogens with zero attached hydrogens (tertiary/aromatic N) is 2. The number of nitrogens with one attached hydrogen (secondary N) is 2. The van der Waals surface area contributed by atoms with Crippen LogP contribution in [0.3, 0.4) is 0 Å². The van der Waals surface area contributed by atoms with Crippen LogP contribution in [0.4, 0.5) is 5.13 Å². The molecule has 0 aromatic carbocycles. The highest BCUT2D eigenvalue weighted by Gasteiger charge is 2.49. The van der Waals surface area contributed by atoms with E-state index in [-0.39, 0.29) is 32.2 Å². The molecule has 2 rings (SSSR count). The van der Waals surface area contributed by atoms with Gasteiger partial charge in [0.25, 0.3) is 10.0 Å². The number of hydrogen-bond acceptors (Lipinski definition) is 6. The van der Waals surface area contributed by atoms with Crippen molar-refractivity contribution < 1.29 is 13.2 Å². The number of amides is 1. The summed E-state index contributed by atoms with van der Waals surface area (Å²) in [6, 6.07) is -0.233. The molecule has 1 aromatic heterocycles. The number of rotatable bonds is 4. The summed E-state index contributed by atoms with van der Waals surface area (Å²) < 4.78 is 26.7. The maximum atomic E-state index is 12.2. The molecule has 2 N–H and O–H groups in total. The highest BCUT2D eigenvalue weighted by atomic mass is 35.5. The first-order valence-electron chi connectivity index (χ1n) is 5.90. The van der Waals surface area contributed by atoms with Crippen LogP contribution in [0.5, 0.6) is 0 Å². The normalized spacial score (nSPS) is 25.0. The third-order valence-corrected chi connectivity index (χ3v) is 6.78. The van der Waals surface area contributed by atoms with Gasteiger partial charge in [-0.05, 0) is 11.8 Å². The number of carbonyl (C=O) groups is 1. The second kappa shape index (κ2) is 5.21. The van der Waals surface area contributed by atoms with Gasteiger partial charge < -0.3 is 5.32 Å². The second-order valence-electron chi connectivity index (χ2n) is 5.25. The van der Waals surface area contributed by atoms with E-state index in [4.69, 9.17) is 11.6 Å². The van der Waals surface area contributed by atoms with E-state index in [0.717, 1.165) is 11.3 Å². The Kier molecular flexibility index (Phi) is 4.07. The maximum Gasteiger partial charge on any atom is 0.270 e. The molecule has 2 atom stereocenters. The second-order valence-corrected chi connectivity index (χ2v) is 8.64. The van der Waals surface area contributed by atoms with Crippen molar-refractivity contribution >= 4 is 44.0 Å². The lowest BCUT2D eigenvalue weighted by Crippen LogP contribution is -2.59. The number of carbonyl (C=O) groups excluding carboxylic acids is 1. The van der Waals surface area contributed by atoms with Crippen LogP contribution in [0.1, 0.15) is 27.2 Å². The molecule has 1 saturated carbocycles. The Bertz CT molecular complexity index is 628. The van der Waals surface area contributed by atoms with Gasteiger partial charge in [0, 0.05) is 18.3 Å². The maximum absolute atomic E-state index is 12.2. The minimum absolute atomic E-state index is 0.0560. The van der Waals surface area contributed by atoms with Crippen LogP contribution >= 0.6 is 22.9 Å². The molecular formula is C10H15ClN4O3S2. The quantitative estimate of drug-likeness (QED) is 0.634. The summed E-state index contributed by atoms with van der Waals surface area (Å²) in [5, 5.41) is 9.70. The molecule has 0 spiro atoms. The third-order valence-electron chi connectivity index (χ3n) is 3.36. The molecule has 20 heavy (non-hydrogen) atoms. The zero-order valence-corrected chi connectivity index (χ0v) is 13.6. The molecule has 1 aliphatic carbocycles. The van der Waals surface area contributed by atoms with Crippen molar-refractivity contribution in [1.82, 2.24) is 14.9 Å². The summed E-state index contributed by atoms with van der Waals surface area (Å²) in [6.45, 7) is 5.12. The topological polar surface area (TPSA) is 101 Å². The number of aromatic nitrogens is 2. The van der Waals surface area contributed by atoms with Crippen molar-refractivity contribution in [3.05, 3.63) is 0 Å². The highest BCUT2D eigenvalue weighted by molar-refractivity contribution is 7.91. The molecule has 0 saturated heterocycles. The zero-order valence-electron chi connectivity index (χ0n) is 11.2. The lowest BCUT2D eigenvalue weighted by molar-refractivity contribution is -0.114. The molecule has 0 bridgehead atoms. The molecule has 0 radical (unpaired) electrons.